The smallest absolute Gasteiger partial charge is 0.151 e. The predicted molar refractivity (Wildman–Crippen MR) is 37.3 cm³/mol. The minimum absolute atomic E-state index is 0.389. The number of nitrogens with one attached hydrogen (secondary N) is 1. The van der Waals surface area contributed by atoms with Gasteiger partial charge in [0, 0.05) is 18.3 Å². The number of aryl methyl sites for hydroxylation is 1. The van der Waals surface area contributed by atoms with E-state index in [-0.39, 0.29) is 0 Å². The number of aliphatic hydroxyl groups is 2. The highest BCUT2D eigenvalue weighted by Gasteiger charge is 1.97. The number of aliphatic hydroxyl groups excluding tert-OH is 1. The molecule has 0 amide bonds. The second-order valence-corrected chi connectivity index (χ2v) is 2.21. The second-order valence-electron chi connectivity index (χ2n) is 2.21. The molecule has 1 aromatic heterocycles. The van der Waals surface area contributed by atoms with Gasteiger partial charge in [-0.1, -0.05) is 0 Å². The highest BCUT2D eigenvalue weighted by molar-refractivity contribution is 5.03. The van der Waals surface area contributed by atoms with Gasteiger partial charge in [0.15, 0.2) is 6.29 Å². The molecule has 0 atom stereocenters. The third kappa shape index (κ3) is 2.21. The number of aromatic amines is 1. The lowest BCUT2D eigenvalue weighted by atomic mass is 10.2. The summed E-state index contributed by atoms with van der Waals surface area (Å²) in [6.07, 6.45) is 1.70. The fourth-order valence-electron chi connectivity index (χ4n) is 0.808. The molecule has 0 aliphatic heterocycles. The lowest BCUT2D eigenvalue weighted by molar-refractivity contribution is -0.0448. The molecule has 0 saturated heterocycles. The zero-order valence-corrected chi connectivity index (χ0v) is 5.62. The molecule has 3 heteroatoms. The number of rotatable bonds is 3. The molecular formula is C7H11NO2. The maximum absolute atomic E-state index is 8.49. The molecule has 0 fully saturated rings. The molecule has 3 N–H and O–H groups in total. The van der Waals surface area contributed by atoms with Crippen LogP contribution in [-0.4, -0.2) is 21.5 Å². The standard InChI is InChI=1S/C7H11NO2/c9-7(10)4-3-6-2-1-5-8-6/h1-2,5,7-10H,3-4H2. The van der Waals surface area contributed by atoms with Gasteiger partial charge < -0.3 is 15.2 Å². The van der Waals surface area contributed by atoms with Gasteiger partial charge in [-0.3, -0.25) is 0 Å². The van der Waals surface area contributed by atoms with Crippen molar-refractivity contribution in [3.8, 4) is 0 Å². The van der Waals surface area contributed by atoms with Crippen molar-refractivity contribution < 1.29 is 10.2 Å². The molecular weight excluding hydrogens is 130 g/mol. The van der Waals surface area contributed by atoms with E-state index in [0.29, 0.717) is 12.8 Å². The number of aromatic nitrogens is 1. The maximum atomic E-state index is 8.49. The van der Waals surface area contributed by atoms with Gasteiger partial charge in [-0.05, 0) is 18.6 Å². The first-order chi connectivity index (χ1) is 4.79. The molecule has 1 rings (SSSR count). The Labute approximate surface area is 59.3 Å². The Morgan fingerprint density at radius 3 is 2.80 bits per heavy atom. The van der Waals surface area contributed by atoms with Crippen LogP contribution in [0.3, 0.4) is 0 Å². The summed E-state index contributed by atoms with van der Waals surface area (Å²) in [6, 6.07) is 3.81. The van der Waals surface area contributed by atoms with E-state index >= 15 is 0 Å². The van der Waals surface area contributed by atoms with Gasteiger partial charge in [0.2, 0.25) is 0 Å². The van der Waals surface area contributed by atoms with Crippen LogP contribution in [0.1, 0.15) is 12.1 Å². The fourth-order valence-corrected chi connectivity index (χ4v) is 0.808. The van der Waals surface area contributed by atoms with E-state index < -0.39 is 6.29 Å². The predicted octanol–water partition coefficient (Wildman–Crippen LogP) is 0.258. The zero-order chi connectivity index (χ0) is 7.40. The summed E-state index contributed by atoms with van der Waals surface area (Å²) in [5.41, 5.74) is 1.04. The fraction of sp³-hybridized carbons (Fsp3) is 0.429. The van der Waals surface area contributed by atoms with E-state index in [1.807, 2.05) is 18.3 Å². The van der Waals surface area contributed by atoms with Crippen molar-refractivity contribution in [2.75, 3.05) is 0 Å². The minimum Gasteiger partial charge on any atom is -0.368 e. The SMILES string of the molecule is OC(O)CCc1ccc[nH]1. The van der Waals surface area contributed by atoms with Gasteiger partial charge in [0.1, 0.15) is 0 Å². The third-order valence-corrected chi connectivity index (χ3v) is 1.33. The molecule has 56 valence electrons. The Hall–Kier alpha value is -0.800. The topological polar surface area (TPSA) is 56.2 Å². The third-order valence-electron chi connectivity index (χ3n) is 1.33. The van der Waals surface area contributed by atoms with Crippen LogP contribution in [0.5, 0.6) is 0 Å². The molecule has 0 aromatic carbocycles. The number of hydrogen-bond acceptors (Lipinski definition) is 2. The monoisotopic (exact) mass is 141 g/mol. The summed E-state index contributed by atoms with van der Waals surface area (Å²) >= 11 is 0. The molecule has 10 heavy (non-hydrogen) atoms. The minimum atomic E-state index is -1.19. The summed E-state index contributed by atoms with van der Waals surface area (Å²) in [7, 11) is 0. The van der Waals surface area contributed by atoms with Crippen LogP contribution in [-0.2, 0) is 6.42 Å². The Morgan fingerprint density at radius 1 is 1.50 bits per heavy atom. The van der Waals surface area contributed by atoms with Crippen LogP contribution in [0.15, 0.2) is 18.3 Å². The molecule has 0 spiro atoms. The van der Waals surface area contributed by atoms with E-state index in [1.54, 1.807) is 0 Å². The summed E-state index contributed by atoms with van der Waals surface area (Å²) in [5.74, 6) is 0. The maximum Gasteiger partial charge on any atom is 0.151 e. The van der Waals surface area contributed by atoms with Crippen molar-refractivity contribution in [2.24, 2.45) is 0 Å². The van der Waals surface area contributed by atoms with Gasteiger partial charge >= 0.3 is 0 Å². The summed E-state index contributed by atoms with van der Waals surface area (Å²) in [4.78, 5) is 2.97. The van der Waals surface area contributed by atoms with Crippen LogP contribution in [0.2, 0.25) is 0 Å². The highest BCUT2D eigenvalue weighted by Crippen LogP contribution is 2.00. The van der Waals surface area contributed by atoms with Gasteiger partial charge in [-0.25, -0.2) is 0 Å². The van der Waals surface area contributed by atoms with Crippen molar-refractivity contribution >= 4 is 0 Å². The Kier molecular flexibility index (Phi) is 2.48. The first-order valence-corrected chi connectivity index (χ1v) is 3.27. The van der Waals surface area contributed by atoms with Gasteiger partial charge in [0.05, 0.1) is 0 Å². The van der Waals surface area contributed by atoms with Crippen molar-refractivity contribution in [3.63, 3.8) is 0 Å². The number of hydrogen-bond donors (Lipinski definition) is 3. The van der Waals surface area contributed by atoms with Crippen molar-refractivity contribution in [2.45, 2.75) is 19.1 Å². The molecule has 0 bridgehead atoms. The largest absolute Gasteiger partial charge is 0.368 e. The molecule has 1 heterocycles. The quantitative estimate of drug-likeness (QED) is 0.529. The molecule has 0 unspecified atom stereocenters. The van der Waals surface area contributed by atoms with Crippen molar-refractivity contribution in [1.82, 2.24) is 4.98 Å². The lowest BCUT2D eigenvalue weighted by Crippen LogP contribution is -2.05. The average Bonchev–Trinajstić information content (AvgIpc) is 2.34. The van der Waals surface area contributed by atoms with Crippen molar-refractivity contribution in [1.29, 1.82) is 0 Å². The molecule has 0 aliphatic carbocycles. The van der Waals surface area contributed by atoms with Gasteiger partial charge in [-0.15, -0.1) is 0 Å². The van der Waals surface area contributed by atoms with Crippen molar-refractivity contribution in [3.05, 3.63) is 24.0 Å². The lowest BCUT2D eigenvalue weighted by Gasteiger charge is -1.99. The first-order valence-electron chi connectivity index (χ1n) is 3.27. The van der Waals surface area contributed by atoms with Crippen LogP contribution in [0.25, 0.3) is 0 Å². The van der Waals surface area contributed by atoms with Gasteiger partial charge in [-0.2, -0.15) is 0 Å². The normalized spacial score (nSPS) is 10.7. The highest BCUT2D eigenvalue weighted by atomic mass is 16.5. The summed E-state index contributed by atoms with van der Waals surface area (Å²) < 4.78 is 0. The van der Waals surface area contributed by atoms with E-state index in [2.05, 4.69) is 4.98 Å². The van der Waals surface area contributed by atoms with Gasteiger partial charge in [0.25, 0.3) is 0 Å². The molecule has 3 nitrogen and oxygen atoms in total. The molecule has 1 aromatic rings. The summed E-state index contributed by atoms with van der Waals surface area (Å²) in [6.45, 7) is 0. The Morgan fingerprint density at radius 2 is 2.30 bits per heavy atom. The van der Waals surface area contributed by atoms with Crippen LogP contribution >= 0.6 is 0 Å². The Balaban J connectivity index is 2.28. The zero-order valence-electron chi connectivity index (χ0n) is 5.62. The van der Waals surface area contributed by atoms with Crippen LogP contribution < -0.4 is 0 Å². The van der Waals surface area contributed by atoms with E-state index in [0.717, 1.165) is 5.69 Å². The molecule has 0 radical (unpaired) electrons. The van der Waals surface area contributed by atoms with E-state index in [4.69, 9.17) is 10.2 Å². The average molecular weight is 141 g/mol. The van der Waals surface area contributed by atoms with E-state index in [1.165, 1.54) is 0 Å². The van der Waals surface area contributed by atoms with Crippen LogP contribution in [0.4, 0.5) is 0 Å². The van der Waals surface area contributed by atoms with Crippen LogP contribution in [0, 0.1) is 0 Å². The molecule has 0 aliphatic rings. The Bertz CT molecular complexity index is 170. The molecule has 0 saturated carbocycles. The second kappa shape index (κ2) is 3.39. The first kappa shape index (κ1) is 7.31. The number of H-pyrrole nitrogens is 1. The summed E-state index contributed by atoms with van der Waals surface area (Å²) in [5, 5.41) is 17.0. The van der Waals surface area contributed by atoms with E-state index in [9.17, 15) is 0 Å².